The van der Waals surface area contributed by atoms with Crippen LogP contribution in [0.1, 0.15) is 16.8 Å². The second-order valence-corrected chi connectivity index (χ2v) is 4.54. The van der Waals surface area contributed by atoms with Gasteiger partial charge in [0.1, 0.15) is 0 Å². The number of nitrogens with one attached hydrogen (secondary N) is 1. The third-order valence-corrected chi connectivity index (χ3v) is 3.37. The zero-order valence-corrected chi connectivity index (χ0v) is 9.97. The zero-order valence-electron chi connectivity index (χ0n) is 9.97. The van der Waals surface area contributed by atoms with E-state index in [0.29, 0.717) is 11.3 Å². The van der Waals surface area contributed by atoms with Gasteiger partial charge in [0.2, 0.25) is 0 Å². The molecule has 1 unspecified atom stereocenters. The fraction of sp³-hybridized carbons (Fsp3) is 0.214. The molecule has 0 spiro atoms. The molecule has 2 aliphatic heterocycles. The van der Waals surface area contributed by atoms with Crippen molar-refractivity contribution in [2.75, 3.05) is 12.3 Å². The van der Waals surface area contributed by atoms with E-state index < -0.39 is 0 Å². The van der Waals surface area contributed by atoms with Crippen molar-refractivity contribution in [3.05, 3.63) is 53.9 Å². The maximum Gasteiger partial charge on any atom is 0.258 e. The number of fused-ring (bicyclic) bond motifs is 1. The number of dihydropyridines is 1. The van der Waals surface area contributed by atoms with E-state index in [4.69, 9.17) is 5.73 Å². The number of nitrogen functional groups attached to an aromatic ring is 1. The number of hydrogen-bond acceptors (Lipinski definition) is 3. The van der Waals surface area contributed by atoms with Crippen LogP contribution in [0.25, 0.3) is 0 Å². The summed E-state index contributed by atoms with van der Waals surface area (Å²) in [5, 5.41) is 3.26. The minimum absolute atomic E-state index is 0.0425. The van der Waals surface area contributed by atoms with Gasteiger partial charge in [-0.1, -0.05) is 0 Å². The van der Waals surface area contributed by atoms with Crippen molar-refractivity contribution < 1.29 is 4.79 Å². The number of nitrogens with two attached hydrogens (primary N) is 1. The van der Waals surface area contributed by atoms with Crippen LogP contribution in [0, 0.1) is 0 Å². The van der Waals surface area contributed by atoms with Crippen LogP contribution in [0.2, 0.25) is 0 Å². The molecule has 0 radical (unpaired) electrons. The largest absolute Gasteiger partial charge is 0.399 e. The monoisotopic (exact) mass is 241 g/mol. The maximum atomic E-state index is 12.4. The van der Waals surface area contributed by atoms with Gasteiger partial charge in [0.05, 0.1) is 6.04 Å². The lowest BCUT2D eigenvalue weighted by Crippen LogP contribution is -2.32. The Labute approximate surface area is 106 Å². The summed E-state index contributed by atoms with van der Waals surface area (Å²) in [7, 11) is 0. The van der Waals surface area contributed by atoms with E-state index >= 15 is 0 Å². The van der Waals surface area contributed by atoms with Crippen molar-refractivity contribution >= 4 is 11.6 Å². The fourth-order valence-electron chi connectivity index (χ4n) is 2.42. The van der Waals surface area contributed by atoms with E-state index in [1.165, 1.54) is 0 Å². The molecule has 0 aromatic heterocycles. The normalized spacial score (nSPS) is 21.2. The van der Waals surface area contributed by atoms with Gasteiger partial charge in [-0.3, -0.25) is 4.79 Å². The SMILES string of the molecule is Nc1ccc(C(=O)N2CCC3NC=CC=C32)cc1. The maximum absolute atomic E-state index is 12.4. The lowest BCUT2D eigenvalue weighted by atomic mass is 10.1. The number of carbonyl (C=O) groups is 1. The Bertz CT molecular complexity index is 530. The molecule has 1 aromatic carbocycles. The van der Waals surface area contributed by atoms with Crippen LogP contribution in [0.15, 0.2) is 48.3 Å². The Morgan fingerprint density at radius 3 is 2.89 bits per heavy atom. The third kappa shape index (κ3) is 1.76. The van der Waals surface area contributed by atoms with Crippen LogP contribution in [0.5, 0.6) is 0 Å². The van der Waals surface area contributed by atoms with Crippen molar-refractivity contribution in [2.45, 2.75) is 12.5 Å². The average Bonchev–Trinajstić information content (AvgIpc) is 2.82. The molecule has 0 saturated carbocycles. The first-order valence-corrected chi connectivity index (χ1v) is 6.06. The van der Waals surface area contributed by atoms with Crippen molar-refractivity contribution in [3.8, 4) is 0 Å². The number of allylic oxidation sites excluding steroid dienone is 2. The molecular weight excluding hydrogens is 226 g/mol. The van der Waals surface area contributed by atoms with Gasteiger partial charge < -0.3 is 16.0 Å². The minimum Gasteiger partial charge on any atom is -0.399 e. The summed E-state index contributed by atoms with van der Waals surface area (Å²) < 4.78 is 0. The van der Waals surface area contributed by atoms with Crippen LogP contribution in [0.3, 0.4) is 0 Å². The molecule has 2 aliphatic rings. The molecule has 1 fully saturated rings. The third-order valence-electron chi connectivity index (χ3n) is 3.37. The van der Waals surface area contributed by atoms with E-state index in [0.717, 1.165) is 18.7 Å². The molecule has 1 amide bonds. The van der Waals surface area contributed by atoms with Gasteiger partial charge in [0.25, 0.3) is 5.91 Å². The smallest absolute Gasteiger partial charge is 0.258 e. The van der Waals surface area contributed by atoms with Crippen molar-refractivity contribution in [3.63, 3.8) is 0 Å². The quantitative estimate of drug-likeness (QED) is 0.732. The zero-order chi connectivity index (χ0) is 12.5. The molecule has 1 atom stereocenters. The first kappa shape index (κ1) is 10.9. The van der Waals surface area contributed by atoms with Gasteiger partial charge in [0.15, 0.2) is 0 Å². The van der Waals surface area contributed by atoms with Crippen molar-refractivity contribution in [2.24, 2.45) is 0 Å². The van der Waals surface area contributed by atoms with Gasteiger partial charge in [0, 0.05) is 23.5 Å². The van der Waals surface area contributed by atoms with Crippen LogP contribution in [0.4, 0.5) is 5.69 Å². The number of nitrogens with zero attached hydrogens (tertiary/aromatic N) is 1. The second kappa shape index (κ2) is 4.22. The molecule has 1 saturated heterocycles. The molecule has 4 nitrogen and oxygen atoms in total. The molecule has 0 aliphatic carbocycles. The van der Waals surface area contributed by atoms with Gasteiger partial charge in [-0.25, -0.2) is 0 Å². The van der Waals surface area contributed by atoms with Gasteiger partial charge in [-0.2, -0.15) is 0 Å². The molecule has 18 heavy (non-hydrogen) atoms. The van der Waals surface area contributed by atoms with E-state index in [9.17, 15) is 4.79 Å². The van der Waals surface area contributed by atoms with E-state index in [1.807, 2.05) is 23.3 Å². The number of carbonyl (C=O) groups excluding carboxylic acids is 1. The van der Waals surface area contributed by atoms with Crippen LogP contribution >= 0.6 is 0 Å². The Morgan fingerprint density at radius 2 is 2.11 bits per heavy atom. The number of amides is 1. The summed E-state index contributed by atoms with van der Waals surface area (Å²) in [4.78, 5) is 14.2. The van der Waals surface area contributed by atoms with Crippen molar-refractivity contribution in [1.29, 1.82) is 0 Å². The molecule has 92 valence electrons. The van der Waals surface area contributed by atoms with Crippen molar-refractivity contribution in [1.82, 2.24) is 10.2 Å². The summed E-state index contributed by atoms with van der Waals surface area (Å²) in [6.07, 6.45) is 6.81. The fourth-order valence-corrected chi connectivity index (χ4v) is 2.42. The first-order chi connectivity index (χ1) is 8.75. The number of likely N-dealkylation sites (tertiary alicyclic amines) is 1. The van der Waals surface area contributed by atoms with Crippen LogP contribution in [-0.4, -0.2) is 23.4 Å². The molecular formula is C14H15N3O. The molecule has 2 heterocycles. The Balaban J connectivity index is 1.87. The molecule has 3 N–H and O–H groups in total. The highest BCUT2D eigenvalue weighted by molar-refractivity contribution is 5.96. The molecule has 4 heteroatoms. The number of anilines is 1. The van der Waals surface area contributed by atoms with Gasteiger partial charge in [-0.15, -0.1) is 0 Å². The van der Waals surface area contributed by atoms with E-state index in [2.05, 4.69) is 5.32 Å². The number of rotatable bonds is 1. The number of hydrogen-bond donors (Lipinski definition) is 2. The van der Waals surface area contributed by atoms with E-state index in [1.54, 1.807) is 24.3 Å². The summed E-state index contributed by atoms with van der Waals surface area (Å²) in [5.41, 5.74) is 8.04. The first-order valence-electron chi connectivity index (χ1n) is 6.06. The Hall–Kier alpha value is -2.23. The molecule has 0 bridgehead atoms. The lowest BCUT2D eigenvalue weighted by Gasteiger charge is -2.22. The second-order valence-electron chi connectivity index (χ2n) is 4.54. The highest BCUT2D eigenvalue weighted by atomic mass is 16.2. The predicted octanol–water partition coefficient (Wildman–Crippen LogP) is 1.48. The van der Waals surface area contributed by atoms with Gasteiger partial charge >= 0.3 is 0 Å². The standard InChI is InChI=1S/C14H15N3O/c15-11-5-3-10(4-6-11)14(18)17-9-7-12-13(17)2-1-8-16-12/h1-6,8,12,16H,7,9,15H2. The van der Waals surface area contributed by atoms with Gasteiger partial charge in [-0.05, 0) is 49.0 Å². The Kier molecular flexibility index (Phi) is 2.55. The van der Waals surface area contributed by atoms with Crippen LogP contribution < -0.4 is 11.1 Å². The lowest BCUT2D eigenvalue weighted by molar-refractivity contribution is 0.0824. The van der Waals surface area contributed by atoms with E-state index in [-0.39, 0.29) is 11.9 Å². The molecule has 3 rings (SSSR count). The molecule has 1 aromatic rings. The topological polar surface area (TPSA) is 58.4 Å². The summed E-state index contributed by atoms with van der Waals surface area (Å²) in [6, 6.07) is 7.34. The summed E-state index contributed by atoms with van der Waals surface area (Å²) in [6.45, 7) is 0.758. The summed E-state index contributed by atoms with van der Waals surface area (Å²) >= 11 is 0. The summed E-state index contributed by atoms with van der Waals surface area (Å²) in [5.74, 6) is 0.0425. The number of benzene rings is 1. The minimum atomic E-state index is 0.0425. The average molecular weight is 241 g/mol. The predicted molar refractivity (Wildman–Crippen MR) is 70.7 cm³/mol. The highest BCUT2D eigenvalue weighted by Gasteiger charge is 2.32. The Morgan fingerprint density at radius 1 is 1.33 bits per heavy atom. The highest BCUT2D eigenvalue weighted by Crippen LogP contribution is 2.26. The van der Waals surface area contributed by atoms with Crippen LogP contribution in [-0.2, 0) is 0 Å².